The summed E-state index contributed by atoms with van der Waals surface area (Å²) in [4.78, 5) is 14.4. The van der Waals surface area contributed by atoms with Crippen LogP contribution in [0.25, 0.3) is 0 Å². The molecule has 100 valence electrons. The molecule has 0 atom stereocenters. The summed E-state index contributed by atoms with van der Waals surface area (Å²) in [5, 5.41) is 13.8. The Bertz CT molecular complexity index is 598. The number of aryl methyl sites for hydroxylation is 1. The number of nitrogens with one attached hydrogen (secondary N) is 1. The standard InChI is InChI=1S/C12H12IN3O3/c1-2-9-6-15-12(19-9)7-14-11-4-3-8(16(17)18)5-10(11)13/h3-6,14H,2,7H2,1H3. The number of rotatable bonds is 5. The Hall–Kier alpha value is -1.64. The number of halogens is 1. The van der Waals surface area contributed by atoms with Crippen LogP contribution in [0.3, 0.4) is 0 Å². The lowest BCUT2D eigenvalue weighted by atomic mass is 10.3. The van der Waals surface area contributed by atoms with Gasteiger partial charge in [-0.15, -0.1) is 0 Å². The van der Waals surface area contributed by atoms with Gasteiger partial charge in [0, 0.05) is 27.8 Å². The first-order chi connectivity index (χ1) is 9.10. The van der Waals surface area contributed by atoms with Gasteiger partial charge in [0.2, 0.25) is 5.89 Å². The molecular formula is C12H12IN3O3. The molecule has 0 unspecified atom stereocenters. The Morgan fingerprint density at radius 3 is 2.89 bits per heavy atom. The fourth-order valence-corrected chi connectivity index (χ4v) is 2.21. The molecule has 19 heavy (non-hydrogen) atoms. The summed E-state index contributed by atoms with van der Waals surface area (Å²) in [6.07, 6.45) is 2.51. The van der Waals surface area contributed by atoms with Crippen molar-refractivity contribution in [2.75, 3.05) is 5.32 Å². The van der Waals surface area contributed by atoms with Crippen LogP contribution in [0.2, 0.25) is 0 Å². The quantitative estimate of drug-likeness (QED) is 0.494. The topological polar surface area (TPSA) is 81.2 Å². The summed E-state index contributed by atoms with van der Waals surface area (Å²) in [6, 6.07) is 4.68. The van der Waals surface area contributed by atoms with Crippen LogP contribution in [0.4, 0.5) is 11.4 Å². The monoisotopic (exact) mass is 373 g/mol. The van der Waals surface area contributed by atoms with Gasteiger partial charge in [-0.2, -0.15) is 0 Å². The summed E-state index contributed by atoms with van der Waals surface area (Å²) in [5.74, 6) is 1.45. The highest BCUT2D eigenvalue weighted by atomic mass is 127. The van der Waals surface area contributed by atoms with E-state index >= 15 is 0 Å². The van der Waals surface area contributed by atoms with Crippen LogP contribution in [0.5, 0.6) is 0 Å². The number of benzene rings is 1. The van der Waals surface area contributed by atoms with E-state index in [0.29, 0.717) is 12.4 Å². The zero-order valence-corrected chi connectivity index (χ0v) is 12.4. The lowest BCUT2D eigenvalue weighted by molar-refractivity contribution is -0.384. The first-order valence-electron chi connectivity index (χ1n) is 5.71. The van der Waals surface area contributed by atoms with Gasteiger partial charge >= 0.3 is 0 Å². The van der Waals surface area contributed by atoms with E-state index in [-0.39, 0.29) is 5.69 Å². The molecule has 7 heteroatoms. The number of non-ortho nitro benzene ring substituents is 1. The van der Waals surface area contributed by atoms with Crippen LogP contribution >= 0.6 is 22.6 Å². The number of nitro groups is 1. The molecule has 1 aromatic heterocycles. The maximum atomic E-state index is 10.6. The molecule has 6 nitrogen and oxygen atoms in total. The molecule has 1 N–H and O–H groups in total. The van der Waals surface area contributed by atoms with Crippen LogP contribution < -0.4 is 5.32 Å². The number of oxazole rings is 1. The van der Waals surface area contributed by atoms with Crippen LogP contribution in [0.1, 0.15) is 18.6 Å². The van der Waals surface area contributed by atoms with Gasteiger partial charge in [-0.25, -0.2) is 4.98 Å². The summed E-state index contributed by atoms with van der Waals surface area (Å²) in [7, 11) is 0. The highest BCUT2D eigenvalue weighted by molar-refractivity contribution is 14.1. The van der Waals surface area contributed by atoms with E-state index in [0.717, 1.165) is 21.4 Å². The first kappa shape index (κ1) is 13.8. The molecule has 0 aliphatic carbocycles. The minimum Gasteiger partial charge on any atom is -0.444 e. The Kier molecular flexibility index (Phi) is 4.35. The van der Waals surface area contributed by atoms with Crippen LogP contribution in [0.15, 0.2) is 28.8 Å². The van der Waals surface area contributed by atoms with E-state index < -0.39 is 4.92 Å². The Morgan fingerprint density at radius 2 is 2.32 bits per heavy atom. The van der Waals surface area contributed by atoms with E-state index in [1.807, 2.05) is 6.92 Å². The van der Waals surface area contributed by atoms with Crippen molar-refractivity contribution in [3.05, 3.63) is 49.7 Å². The minimum absolute atomic E-state index is 0.0827. The predicted octanol–water partition coefficient (Wildman–Crippen LogP) is 3.36. The lowest BCUT2D eigenvalue weighted by Crippen LogP contribution is -2.01. The van der Waals surface area contributed by atoms with Crippen LogP contribution in [0, 0.1) is 13.7 Å². The third kappa shape index (κ3) is 3.43. The molecule has 0 saturated heterocycles. The van der Waals surface area contributed by atoms with Crippen LogP contribution in [-0.4, -0.2) is 9.91 Å². The molecule has 1 heterocycles. The van der Waals surface area contributed by atoms with Crippen molar-refractivity contribution >= 4 is 34.0 Å². The third-order valence-electron chi connectivity index (χ3n) is 2.54. The molecule has 2 aromatic rings. The normalized spacial score (nSPS) is 10.4. The van der Waals surface area contributed by atoms with Gasteiger partial charge in [0.05, 0.1) is 17.7 Å². The van der Waals surface area contributed by atoms with E-state index in [1.54, 1.807) is 12.3 Å². The number of hydrogen-bond donors (Lipinski definition) is 1. The first-order valence-corrected chi connectivity index (χ1v) is 6.79. The van der Waals surface area contributed by atoms with Gasteiger partial charge < -0.3 is 9.73 Å². The summed E-state index contributed by atoms with van der Waals surface area (Å²) >= 11 is 2.06. The third-order valence-corrected chi connectivity index (χ3v) is 3.44. The maximum absolute atomic E-state index is 10.6. The van der Waals surface area contributed by atoms with E-state index in [2.05, 4.69) is 32.9 Å². The fourth-order valence-electron chi connectivity index (χ4n) is 1.52. The molecule has 0 bridgehead atoms. The van der Waals surface area contributed by atoms with Gasteiger partial charge in [0.25, 0.3) is 5.69 Å². The molecule has 0 amide bonds. The van der Waals surface area contributed by atoms with Crippen molar-refractivity contribution in [2.45, 2.75) is 19.9 Å². The number of nitrogens with zero attached hydrogens (tertiary/aromatic N) is 2. The van der Waals surface area contributed by atoms with E-state index in [9.17, 15) is 10.1 Å². The summed E-state index contributed by atoms with van der Waals surface area (Å²) in [5.41, 5.74) is 0.904. The maximum Gasteiger partial charge on any atom is 0.270 e. The molecular weight excluding hydrogens is 361 g/mol. The average Bonchev–Trinajstić information content (AvgIpc) is 2.85. The molecule has 0 spiro atoms. The largest absolute Gasteiger partial charge is 0.444 e. The van der Waals surface area contributed by atoms with Gasteiger partial charge in [-0.3, -0.25) is 10.1 Å². The number of nitro benzene ring substituents is 1. The van der Waals surface area contributed by atoms with Gasteiger partial charge in [0.1, 0.15) is 5.76 Å². The number of anilines is 1. The average molecular weight is 373 g/mol. The number of hydrogen-bond acceptors (Lipinski definition) is 5. The zero-order valence-electron chi connectivity index (χ0n) is 10.2. The minimum atomic E-state index is -0.409. The fraction of sp³-hybridized carbons (Fsp3) is 0.250. The van der Waals surface area contributed by atoms with Crippen molar-refractivity contribution in [1.29, 1.82) is 0 Å². The van der Waals surface area contributed by atoms with Crippen molar-refractivity contribution in [3.8, 4) is 0 Å². The molecule has 2 rings (SSSR count). The smallest absolute Gasteiger partial charge is 0.270 e. The van der Waals surface area contributed by atoms with Crippen molar-refractivity contribution in [2.24, 2.45) is 0 Å². The highest BCUT2D eigenvalue weighted by Gasteiger charge is 2.09. The second-order valence-electron chi connectivity index (χ2n) is 3.85. The summed E-state index contributed by atoms with van der Waals surface area (Å²) < 4.78 is 6.26. The molecule has 0 aliphatic rings. The van der Waals surface area contributed by atoms with Crippen molar-refractivity contribution in [1.82, 2.24) is 4.98 Å². The molecule has 0 fully saturated rings. The molecule has 0 saturated carbocycles. The molecule has 1 aromatic carbocycles. The second kappa shape index (κ2) is 6.00. The SMILES string of the molecule is CCc1cnc(CNc2ccc([N+](=O)[O-])cc2I)o1. The van der Waals surface area contributed by atoms with E-state index in [1.165, 1.54) is 12.1 Å². The van der Waals surface area contributed by atoms with Gasteiger partial charge in [-0.05, 0) is 28.7 Å². The second-order valence-corrected chi connectivity index (χ2v) is 5.01. The zero-order chi connectivity index (χ0) is 13.8. The van der Waals surface area contributed by atoms with Crippen molar-refractivity contribution in [3.63, 3.8) is 0 Å². The lowest BCUT2D eigenvalue weighted by Gasteiger charge is -2.06. The predicted molar refractivity (Wildman–Crippen MR) is 79.0 cm³/mol. The number of aromatic nitrogens is 1. The Morgan fingerprint density at radius 1 is 1.53 bits per heavy atom. The molecule has 0 aliphatic heterocycles. The Labute approximate surface area is 123 Å². The molecule has 0 radical (unpaired) electrons. The Balaban J connectivity index is 2.05. The highest BCUT2D eigenvalue weighted by Crippen LogP contribution is 2.24. The van der Waals surface area contributed by atoms with Crippen LogP contribution in [-0.2, 0) is 13.0 Å². The van der Waals surface area contributed by atoms with E-state index in [4.69, 9.17) is 4.42 Å². The summed E-state index contributed by atoms with van der Waals surface area (Å²) in [6.45, 7) is 2.45. The van der Waals surface area contributed by atoms with Gasteiger partial charge in [0.15, 0.2) is 0 Å². The van der Waals surface area contributed by atoms with Gasteiger partial charge in [-0.1, -0.05) is 6.92 Å². The van der Waals surface area contributed by atoms with Crippen molar-refractivity contribution < 1.29 is 9.34 Å².